The Morgan fingerprint density at radius 1 is 1.29 bits per heavy atom. The number of nitro benzene ring substituents is 1. The van der Waals surface area contributed by atoms with Crippen molar-refractivity contribution < 1.29 is 19.6 Å². The molecule has 0 atom stereocenters. The number of unbranched alkanes of at least 4 members (excludes halogenated alkanes) is 2. The lowest BCUT2D eigenvalue weighted by Crippen LogP contribution is -2.12. The van der Waals surface area contributed by atoms with Crippen molar-refractivity contribution in [1.82, 2.24) is 0 Å². The van der Waals surface area contributed by atoms with Gasteiger partial charge in [-0.05, 0) is 25.0 Å². The molecule has 1 aromatic carbocycles. The molecular weight excluding hydrogens is 278 g/mol. The molecule has 0 aromatic heterocycles. The van der Waals surface area contributed by atoms with Crippen LogP contribution in [0, 0.1) is 10.1 Å². The minimum Gasteiger partial charge on any atom is -0.481 e. The third kappa shape index (κ3) is 5.47. The van der Waals surface area contributed by atoms with Crippen molar-refractivity contribution in [2.24, 2.45) is 5.73 Å². The molecule has 114 valence electrons. The Morgan fingerprint density at radius 2 is 2.00 bits per heavy atom. The number of aliphatic carboxylic acids is 1. The SMILES string of the molecule is NC(=O)c1ccc([N+](=O)[O-])c(NCCCCCC(=O)O)c1. The van der Waals surface area contributed by atoms with Gasteiger partial charge in [-0.15, -0.1) is 0 Å². The molecular formula is C13H17N3O5. The zero-order valence-electron chi connectivity index (χ0n) is 11.4. The third-order valence-corrected chi connectivity index (χ3v) is 2.86. The van der Waals surface area contributed by atoms with Crippen molar-refractivity contribution >= 4 is 23.3 Å². The van der Waals surface area contributed by atoms with E-state index in [0.717, 1.165) is 0 Å². The summed E-state index contributed by atoms with van der Waals surface area (Å²) in [4.78, 5) is 31.8. The summed E-state index contributed by atoms with van der Waals surface area (Å²) in [5.41, 5.74) is 5.43. The second-order valence-corrected chi connectivity index (χ2v) is 4.48. The van der Waals surface area contributed by atoms with Gasteiger partial charge >= 0.3 is 5.97 Å². The van der Waals surface area contributed by atoms with Gasteiger partial charge in [0.15, 0.2) is 0 Å². The second kappa shape index (κ2) is 7.83. The average Bonchev–Trinajstić information content (AvgIpc) is 2.41. The number of nitro groups is 1. The summed E-state index contributed by atoms with van der Waals surface area (Å²) < 4.78 is 0. The normalized spacial score (nSPS) is 10.1. The highest BCUT2D eigenvalue weighted by Crippen LogP contribution is 2.25. The molecule has 0 radical (unpaired) electrons. The molecule has 0 spiro atoms. The monoisotopic (exact) mass is 295 g/mol. The van der Waals surface area contributed by atoms with Gasteiger partial charge < -0.3 is 16.2 Å². The number of carbonyl (C=O) groups is 2. The molecule has 0 aliphatic rings. The fraction of sp³-hybridized carbons (Fsp3) is 0.385. The lowest BCUT2D eigenvalue weighted by atomic mass is 10.1. The molecule has 0 saturated carbocycles. The van der Waals surface area contributed by atoms with Crippen LogP contribution in [-0.4, -0.2) is 28.5 Å². The van der Waals surface area contributed by atoms with E-state index < -0.39 is 16.8 Å². The number of carboxylic acids is 1. The van der Waals surface area contributed by atoms with E-state index in [1.54, 1.807) is 0 Å². The largest absolute Gasteiger partial charge is 0.481 e. The standard InChI is InChI=1S/C13H17N3O5/c14-13(19)9-5-6-11(16(20)21)10(8-9)15-7-3-1-2-4-12(17)18/h5-6,8,15H,1-4,7H2,(H2,14,19)(H,17,18). The van der Waals surface area contributed by atoms with Crippen LogP contribution in [0.4, 0.5) is 11.4 Å². The maximum Gasteiger partial charge on any atom is 0.303 e. The molecule has 0 saturated heterocycles. The summed E-state index contributed by atoms with van der Waals surface area (Å²) in [5, 5.41) is 22.3. The summed E-state index contributed by atoms with van der Waals surface area (Å²) in [6.07, 6.45) is 2.03. The Labute approximate surface area is 121 Å². The zero-order valence-corrected chi connectivity index (χ0v) is 11.4. The Hall–Kier alpha value is -2.64. The number of nitrogens with one attached hydrogen (secondary N) is 1. The van der Waals surface area contributed by atoms with Gasteiger partial charge in [0.2, 0.25) is 5.91 Å². The number of anilines is 1. The highest BCUT2D eigenvalue weighted by molar-refractivity contribution is 5.94. The summed E-state index contributed by atoms with van der Waals surface area (Å²) in [5.74, 6) is -1.50. The quantitative estimate of drug-likeness (QED) is 0.361. The molecule has 1 rings (SSSR count). The number of hydrogen-bond acceptors (Lipinski definition) is 5. The Kier molecular flexibility index (Phi) is 6.12. The molecule has 0 aliphatic carbocycles. The van der Waals surface area contributed by atoms with E-state index in [9.17, 15) is 19.7 Å². The van der Waals surface area contributed by atoms with Crippen LogP contribution in [-0.2, 0) is 4.79 Å². The van der Waals surface area contributed by atoms with E-state index in [1.807, 2.05) is 0 Å². The van der Waals surface area contributed by atoms with E-state index in [2.05, 4.69) is 5.32 Å². The zero-order chi connectivity index (χ0) is 15.8. The number of carboxylic acid groups (broad SMARTS) is 1. The molecule has 21 heavy (non-hydrogen) atoms. The van der Waals surface area contributed by atoms with Gasteiger partial charge in [0.25, 0.3) is 5.69 Å². The third-order valence-electron chi connectivity index (χ3n) is 2.86. The Balaban J connectivity index is 2.59. The van der Waals surface area contributed by atoms with Crippen molar-refractivity contribution in [2.75, 3.05) is 11.9 Å². The predicted octanol–water partition coefficient (Wildman–Crippen LogP) is 1.75. The van der Waals surface area contributed by atoms with E-state index in [0.29, 0.717) is 25.8 Å². The number of amides is 1. The van der Waals surface area contributed by atoms with E-state index in [-0.39, 0.29) is 23.4 Å². The molecule has 8 nitrogen and oxygen atoms in total. The summed E-state index contributed by atoms with van der Waals surface area (Å²) in [7, 11) is 0. The van der Waals surface area contributed by atoms with Gasteiger partial charge in [0.05, 0.1) is 4.92 Å². The van der Waals surface area contributed by atoms with Crippen molar-refractivity contribution in [2.45, 2.75) is 25.7 Å². The number of primary amides is 1. The number of benzene rings is 1. The fourth-order valence-corrected chi connectivity index (χ4v) is 1.79. The van der Waals surface area contributed by atoms with Gasteiger partial charge in [0.1, 0.15) is 5.69 Å². The van der Waals surface area contributed by atoms with Crippen LogP contribution in [0.25, 0.3) is 0 Å². The molecule has 1 aromatic rings. The topological polar surface area (TPSA) is 136 Å². The summed E-state index contributed by atoms with van der Waals surface area (Å²) in [6.45, 7) is 0.447. The van der Waals surface area contributed by atoms with Crippen LogP contribution in [0.5, 0.6) is 0 Å². The van der Waals surface area contributed by atoms with Gasteiger partial charge in [-0.25, -0.2) is 0 Å². The minimum absolute atomic E-state index is 0.108. The number of nitrogens with zero attached hydrogens (tertiary/aromatic N) is 1. The first-order chi connectivity index (χ1) is 9.91. The molecule has 1 amide bonds. The lowest BCUT2D eigenvalue weighted by molar-refractivity contribution is -0.384. The van der Waals surface area contributed by atoms with Gasteiger partial charge in [-0.1, -0.05) is 6.42 Å². The smallest absolute Gasteiger partial charge is 0.303 e. The van der Waals surface area contributed by atoms with Crippen molar-refractivity contribution in [3.63, 3.8) is 0 Å². The molecule has 0 bridgehead atoms. The molecule has 8 heteroatoms. The van der Waals surface area contributed by atoms with E-state index in [1.165, 1.54) is 18.2 Å². The van der Waals surface area contributed by atoms with Crippen LogP contribution in [0.3, 0.4) is 0 Å². The molecule has 0 fully saturated rings. The molecule has 0 aliphatic heterocycles. The molecule has 4 N–H and O–H groups in total. The molecule has 0 unspecified atom stereocenters. The number of nitrogens with two attached hydrogens (primary N) is 1. The highest BCUT2D eigenvalue weighted by Gasteiger charge is 2.15. The van der Waals surface area contributed by atoms with Crippen LogP contribution in [0.2, 0.25) is 0 Å². The lowest BCUT2D eigenvalue weighted by Gasteiger charge is -2.08. The Morgan fingerprint density at radius 3 is 2.57 bits per heavy atom. The number of hydrogen-bond donors (Lipinski definition) is 3. The summed E-state index contributed by atoms with van der Waals surface area (Å²) in [6, 6.07) is 3.88. The van der Waals surface area contributed by atoms with Gasteiger partial charge in [-0.2, -0.15) is 0 Å². The maximum absolute atomic E-state index is 11.1. The van der Waals surface area contributed by atoms with Crippen molar-refractivity contribution in [3.8, 4) is 0 Å². The summed E-state index contributed by atoms with van der Waals surface area (Å²) >= 11 is 0. The predicted molar refractivity (Wildman–Crippen MR) is 76.2 cm³/mol. The van der Waals surface area contributed by atoms with Crippen molar-refractivity contribution in [1.29, 1.82) is 0 Å². The first-order valence-electron chi connectivity index (χ1n) is 6.45. The molecule has 0 heterocycles. The first-order valence-corrected chi connectivity index (χ1v) is 6.45. The van der Waals surface area contributed by atoms with Gasteiger partial charge in [0, 0.05) is 24.6 Å². The van der Waals surface area contributed by atoms with Crippen LogP contribution < -0.4 is 11.1 Å². The fourth-order valence-electron chi connectivity index (χ4n) is 1.79. The van der Waals surface area contributed by atoms with Crippen LogP contribution in [0.1, 0.15) is 36.0 Å². The van der Waals surface area contributed by atoms with Gasteiger partial charge in [-0.3, -0.25) is 19.7 Å². The first kappa shape index (κ1) is 16.4. The highest BCUT2D eigenvalue weighted by atomic mass is 16.6. The second-order valence-electron chi connectivity index (χ2n) is 4.48. The van der Waals surface area contributed by atoms with Crippen LogP contribution >= 0.6 is 0 Å². The maximum atomic E-state index is 11.1. The average molecular weight is 295 g/mol. The minimum atomic E-state index is -0.840. The number of rotatable bonds is 9. The van der Waals surface area contributed by atoms with Crippen LogP contribution in [0.15, 0.2) is 18.2 Å². The van der Waals surface area contributed by atoms with E-state index >= 15 is 0 Å². The number of carbonyl (C=O) groups excluding carboxylic acids is 1. The Bertz CT molecular complexity index is 545. The van der Waals surface area contributed by atoms with E-state index in [4.69, 9.17) is 10.8 Å². The van der Waals surface area contributed by atoms with Crippen molar-refractivity contribution in [3.05, 3.63) is 33.9 Å².